The van der Waals surface area contributed by atoms with Crippen molar-refractivity contribution in [1.82, 2.24) is 0 Å². The van der Waals surface area contributed by atoms with Gasteiger partial charge in [-0.25, -0.2) is 0 Å². The van der Waals surface area contributed by atoms with E-state index in [1.165, 1.54) is 104 Å². The molecular formula is C51H43BN2. The zero-order chi connectivity index (χ0) is 35.6. The first-order valence-corrected chi connectivity index (χ1v) is 20.0. The molecule has 2 nitrogen and oxygen atoms in total. The molecule has 7 aromatic rings. The first-order chi connectivity index (χ1) is 26.8. The normalized spacial score (nSPS) is 19.0. The summed E-state index contributed by atoms with van der Waals surface area (Å²) < 4.78 is 0. The van der Waals surface area contributed by atoms with Crippen molar-refractivity contribution < 1.29 is 0 Å². The third-order valence-corrected chi connectivity index (χ3v) is 13.1. The first-order valence-electron chi connectivity index (χ1n) is 20.0. The first kappa shape index (κ1) is 31.7. The van der Waals surface area contributed by atoms with Gasteiger partial charge < -0.3 is 9.80 Å². The summed E-state index contributed by atoms with van der Waals surface area (Å²) in [4.78, 5) is 5.35. The average Bonchev–Trinajstić information content (AvgIpc) is 3.88. The standard InChI is InChI=1S/C51H43BN2/c1-3-15-36(16-4-1)42-21-9-7-19-39(42)33-53-47-25-13-11-23-45(47)52-46-24-12-14-26-48(46)54(34-40-20-8-10-22-43(40)37-17-5-2-6-18-37)50-32-41(31-49(53)51(50)52)44-30-35-27-28-38(44)29-35/h1-26,31-32,35,38,44H,27-30,33-34H2. The third kappa shape index (κ3) is 5.17. The highest BCUT2D eigenvalue weighted by atomic mass is 15.2. The van der Waals surface area contributed by atoms with Gasteiger partial charge in [0.15, 0.2) is 0 Å². The van der Waals surface area contributed by atoms with Gasteiger partial charge in [0.05, 0.1) is 0 Å². The minimum absolute atomic E-state index is 0.165. The topological polar surface area (TPSA) is 6.48 Å². The largest absolute Gasteiger partial charge is 0.338 e. The van der Waals surface area contributed by atoms with E-state index < -0.39 is 0 Å². The van der Waals surface area contributed by atoms with Crippen LogP contribution in [-0.2, 0) is 13.1 Å². The van der Waals surface area contributed by atoms with E-state index in [0.29, 0.717) is 5.92 Å². The Kier molecular flexibility index (Phi) is 7.61. The van der Waals surface area contributed by atoms with Crippen LogP contribution in [0.2, 0.25) is 0 Å². The van der Waals surface area contributed by atoms with Crippen LogP contribution in [0.5, 0.6) is 0 Å². The van der Waals surface area contributed by atoms with E-state index in [1.54, 1.807) is 0 Å². The van der Waals surface area contributed by atoms with Gasteiger partial charge in [-0.2, -0.15) is 0 Å². The quantitative estimate of drug-likeness (QED) is 0.153. The Labute approximate surface area is 319 Å². The van der Waals surface area contributed by atoms with Gasteiger partial charge in [0, 0.05) is 35.8 Å². The van der Waals surface area contributed by atoms with Crippen molar-refractivity contribution >= 4 is 45.9 Å². The molecule has 0 amide bonds. The molecule has 54 heavy (non-hydrogen) atoms. The number of hydrogen-bond donors (Lipinski definition) is 0. The van der Waals surface area contributed by atoms with Gasteiger partial charge in [-0.05, 0) is 117 Å². The molecule has 2 aliphatic carbocycles. The van der Waals surface area contributed by atoms with Crippen LogP contribution in [0.15, 0.2) is 170 Å². The molecule has 2 heterocycles. The average molecular weight is 695 g/mol. The minimum Gasteiger partial charge on any atom is -0.338 e. The molecule has 2 aliphatic heterocycles. The molecule has 4 aliphatic rings. The smallest absolute Gasteiger partial charge is 0.252 e. The van der Waals surface area contributed by atoms with Crippen molar-refractivity contribution in [2.45, 2.75) is 44.7 Å². The number of para-hydroxylation sites is 2. The lowest BCUT2D eigenvalue weighted by Crippen LogP contribution is -2.62. The molecule has 0 spiro atoms. The van der Waals surface area contributed by atoms with Crippen LogP contribution in [0.1, 0.15) is 48.3 Å². The molecule has 2 saturated carbocycles. The second-order valence-corrected chi connectivity index (χ2v) is 16.0. The highest BCUT2D eigenvalue weighted by molar-refractivity contribution is 7.00. The molecule has 3 unspecified atom stereocenters. The van der Waals surface area contributed by atoms with Gasteiger partial charge >= 0.3 is 0 Å². The summed E-state index contributed by atoms with van der Waals surface area (Å²) in [6.07, 6.45) is 5.51. The van der Waals surface area contributed by atoms with E-state index >= 15 is 0 Å². The number of fused-ring (bicyclic) bond motifs is 6. The van der Waals surface area contributed by atoms with Crippen LogP contribution in [0.4, 0.5) is 22.7 Å². The lowest BCUT2D eigenvalue weighted by atomic mass is 9.33. The molecule has 0 N–H and O–H groups in total. The molecule has 2 bridgehead atoms. The number of nitrogens with zero attached hydrogens (tertiary/aromatic N) is 2. The van der Waals surface area contributed by atoms with Crippen molar-refractivity contribution in [3.63, 3.8) is 0 Å². The van der Waals surface area contributed by atoms with Gasteiger partial charge in [0.1, 0.15) is 0 Å². The van der Waals surface area contributed by atoms with Gasteiger partial charge in [-0.15, -0.1) is 0 Å². The summed E-state index contributed by atoms with van der Waals surface area (Å²) in [6, 6.07) is 63.7. The number of hydrogen-bond acceptors (Lipinski definition) is 2. The lowest BCUT2D eigenvalue weighted by molar-refractivity contribution is 0.420. The summed E-state index contributed by atoms with van der Waals surface area (Å²) in [6.45, 7) is 1.78. The Morgan fingerprint density at radius 1 is 0.463 bits per heavy atom. The summed E-state index contributed by atoms with van der Waals surface area (Å²) in [5.74, 6) is 2.29. The highest BCUT2D eigenvalue weighted by Gasteiger charge is 2.45. The Morgan fingerprint density at radius 2 is 0.944 bits per heavy atom. The maximum atomic E-state index is 2.67. The predicted molar refractivity (Wildman–Crippen MR) is 228 cm³/mol. The second-order valence-electron chi connectivity index (χ2n) is 16.0. The molecular weight excluding hydrogens is 651 g/mol. The second kappa shape index (κ2) is 13.0. The Balaban J connectivity index is 1.13. The van der Waals surface area contributed by atoms with E-state index in [0.717, 1.165) is 24.9 Å². The van der Waals surface area contributed by atoms with E-state index in [2.05, 4.69) is 180 Å². The minimum atomic E-state index is 0.165. The van der Waals surface area contributed by atoms with Crippen molar-refractivity contribution in [2.75, 3.05) is 9.80 Å². The van der Waals surface area contributed by atoms with Gasteiger partial charge in [0.2, 0.25) is 0 Å². The monoisotopic (exact) mass is 694 g/mol. The molecule has 0 aromatic heterocycles. The van der Waals surface area contributed by atoms with Gasteiger partial charge in [-0.3, -0.25) is 0 Å². The number of rotatable bonds is 7. The van der Waals surface area contributed by atoms with Crippen LogP contribution in [0, 0.1) is 11.8 Å². The SMILES string of the molecule is c1ccc(-c2ccccc2CN2c3ccccc3B3c4ccccc4N(Cc4ccccc4-c4ccccc4)c4cc(C5CC6CCC5C6)cc2c43)cc1. The summed E-state index contributed by atoms with van der Waals surface area (Å²) in [5, 5.41) is 0. The van der Waals surface area contributed by atoms with Crippen LogP contribution < -0.4 is 26.2 Å². The van der Waals surface area contributed by atoms with E-state index in [1.807, 2.05) is 0 Å². The lowest BCUT2D eigenvalue weighted by Gasteiger charge is -2.45. The van der Waals surface area contributed by atoms with Gasteiger partial charge in [-0.1, -0.05) is 152 Å². The number of benzene rings is 7. The van der Waals surface area contributed by atoms with Crippen LogP contribution in [0.3, 0.4) is 0 Å². The fourth-order valence-corrected chi connectivity index (χ4v) is 10.7. The van der Waals surface area contributed by atoms with Gasteiger partial charge in [0.25, 0.3) is 6.71 Å². The molecule has 0 radical (unpaired) electrons. The summed E-state index contributed by atoms with van der Waals surface area (Å²) in [5.41, 5.74) is 19.0. The Morgan fingerprint density at radius 3 is 1.44 bits per heavy atom. The maximum Gasteiger partial charge on any atom is 0.252 e. The maximum absolute atomic E-state index is 2.67. The predicted octanol–water partition coefficient (Wildman–Crippen LogP) is 10.7. The zero-order valence-corrected chi connectivity index (χ0v) is 30.6. The van der Waals surface area contributed by atoms with Crippen LogP contribution in [-0.4, -0.2) is 6.71 Å². The Bertz CT molecular complexity index is 2350. The molecule has 7 aromatic carbocycles. The Hall–Kier alpha value is -5.80. The van der Waals surface area contributed by atoms with Crippen molar-refractivity contribution in [2.24, 2.45) is 11.8 Å². The highest BCUT2D eigenvalue weighted by Crippen LogP contribution is 2.54. The van der Waals surface area contributed by atoms with E-state index in [9.17, 15) is 0 Å². The van der Waals surface area contributed by atoms with Crippen LogP contribution >= 0.6 is 0 Å². The van der Waals surface area contributed by atoms with Crippen molar-refractivity contribution in [1.29, 1.82) is 0 Å². The van der Waals surface area contributed by atoms with Crippen molar-refractivity contribution in [3.05, 3.63) is 187 Å². The van der Waals surface area contributed by atoms with Crippen LogP contribution in [0.25, 0.3) is 22.3 Å². The van der Waals surface area contributed by atoms with E-state index in [4.69, 9.17) is 0 Å². The van der Waals surface area contributed by atoms with E-state index in [-0.39, 0.29) is 6.71 Å². The molecule has 0 saturated heterocycles. The molecule has 3 heteroatoms. The molecule has 11 rings (SSSR count). The molecule has 3 atom stereocenters. The molecule has 260 valence electrons. The number of anilines is 4. The zero-order valence-electron chi connectivity index (χ0n) is 30.6. The fraction of sp³-hybridized carbons (Fsp3) is 0.176. The summed E-state index contributed by atoms with van der Waals surface area (Å²) >= 11 is 0. The third-order valence-electron chi connectivity index (χ3n) is 13.1. The summed E-state index contributed by atoms with van der Waals surface area (Å²) in [7, 11) is 0. The molecule has 2 fully saturated rings. The van der Waals surface area contributed by atoms with Crippen molar-refractivity contribution in [3.8, 4) is 22.3 Å². The fourth-order valence-electron chi connectivity index (χ4n) is 10.7.